The monoisotopic (exact) mass is 263 g/mol. The Morgan fingerprint density at radius 3 is 2.58 bits per heavy atom. The summed E-state index contributed by atoms with van der Waals surface area (Å²) in [5.41, 5.74) is 1.01. The predicted octanol–water partition coefficient (Wildman–Crippen LogP) is 0.117. The van der Waals surface area contributed by atoms with Gasteiger partial charge in [0.25, 0.3) is 0 Å². The second kappa shape index (κ2) is 8.31. The number of carbonyl (C=O) groups is 1. The van der Waals surface area contributed by atoms with E-state index in [2.05, 4.69) is 0 Å². The predicted molar refractivity (Wildman–Crippen MR) is 69.0 cm³/mol. The fraction of sp³-hybridized carbons (Fsp3) is 0.286. The number of hydrogen-bond acceptors (Lipinski definition) is 5. The molecular weight excluding hydrogens is 248 g/mol. The van der Waals surface area contributed by atoms with Crippen molar-refractivity contribution >= 4 is 18.1 Å². The molecule has 19 heavy (non-hydrogen) atoms. The Bertz CT molecular complexity index is 427. The van der Waals surface area contributed by atoms with E-state index in [4.69, 9.17) is 9.84 Å². The second-order valence-electron chi connectivity index (χ2n) is 3.79. The van der Waals surface area contributed by atoms with Gasteiger partial charge >= 0.3 is 0 Å². The zero-order valence-electron chi connectivity index (χ0n) is 10.2. The van der Waals surface area contributed by atoms with Crippen molar-refractivity contribution in [2.24, 2.45) is 0 Å². The molecule has 0 spiro atoms. The molecule has 0 bridgehead atoms. The third-order valence-electron chi connectivity index (χ3n) is 2.41. The molecule has 0 aliphatic carbocycles. The minimum atomic E-state index is -1.09. The van der Waals surface area contributed by atoms with Gasteiger partial charge in [-0.3, -0.25) is 9.59 Å². The molecule has 0 saturated carbocycles. The molecule has 1 rings (SSSR count). The number of ether oxygens (including phenoxy) is 1. The number of allylic oxidation sites excluding steroid dienone is 1. The van der Waals surface area contributed by atoms with Crippen molar-refractivity contribution in [2.75, 3.05) is 13.2 Å². The fourth-order valence-corrected chi connectivity index (χ4v) is 1.49. The molecule has 2 unspecified atom stereocenters. The van der Waals surface area contributed by atoms with E-state index in [1.165, 1.54) is 6.08 Å². The van der Waals surface area contributed by atoms with Crippen LogP contribution in [0.5, 0.6) is 0 Å². The normalized spacial score (nSPS) is 14.7. The number of rotatable bonds is 8. The maximum Gasteiger partial charge on any atom is 0.234 e. The summed E-state index contributed by atoms with van der Waals surface area (Å²) in [7, 11) is 0. The lowest BCUT2D eigenvalue weighted by Gasteiger charge is -2.16. The molecule has 5 nitrogen and oxygen atoms in total. The van der Waals surface area contributed by atoms with Crippen molar-refractivity contribution in [1.29, 1.82) is 0 Å². The Morgan fingerprint density at radius 1 is 1.37 bits per heavy atom. The number of aliphatic hydroxyl groups excluding tert-OH is 2. The van der Waals surface area contributed by atoms with E-state index >= 15 is 0 Å². The Morgan fingerprint density at radius 2 is 2.05 bits per heavy atom. The summed E-state index contributed by atoms with van der Waals surface area (Å²) in [5.74, 6) is 0. The molecule has 0 saturated heterocycles. The first-order valence-electron chi connectivity index (χ1n) is 5.72. The van der Waals surface area contributed by atoms with Crippen LogP contribution in [-0.4, -0.2) is 48.2 Å². The van der Waals surface area contributed by atoms with E-state index in [0.717, 1.165) is 0 Å². The molecule has 0 fully saturated rings. The van der Waals surface area contributed by atoms with Gasteiger partial charge < -0.3 is 14.9 Å². The molecule has 2 N–H and O–H groups in total. The van der Waals surface area contributed by atoms with Gasteiger partial charge in [0.05, 0.1) is 13.2 Å². The summed E-state index contributed by atoms with van der Waals surface area (Å²) in [6, 6.07) is 8.78. The lowest BCUT2D eigenvalue weighted by atomic mass is 10.0. The Labute approximate surface area is 111 Å². The van der Waals surface area contributed by atoms with Gasteiger partial charge in [-0.1, -0.05) is 30.3 Å². The number of hydrogen-bond donors (Lipinski definition) is 2. The van der Waals surface area contributed by atoms with Gasteiger partial charge in [-0.2, -0.15) is 0 Å². The second-order valence-corrected chi connectivity index (χ2v) is 3.79. The van der Waals surface area contributed by atoms with Crippen LogP contribution >= 0.6 is 0 Å². The summed E-state index contributed by atoms with van der Waals surface area (Å²) < 4.78 is 5.15. The first kappa shape index (κ1) is 15.2. The SMILES string of the molecule is O=[C]C(OCC(O)CO)C(=CC=O)c1ccccc1. The molecule has 0 aliphatic heterocycles. The lowest BCUT2D eigenvalue weighted by molar-refractivity contribution is -0.104. The quantitative estimate of drug-likeness (QED) is 0.514. The molecule has 5 heteroatoms. The maximum atomic E-state index is 10.9. The topological polar surface area (TPSA) is 83.8 Å². The molecular formula is C14H15O5. The Balaban J connectivity index is 2.87. The number of aldehydes is 1. The first-order chi connectivity index (χ1) is 9.22. The lowest BCUT2D eigenvalue weighted by Crippen LogP contribution is -2.26. The third kappa shape index (κ3) is 4.75. The summed E-state index contributed by atoms with van der Waals surface area (Å²) in [5, 5.41) is 17.9. The number of aliphatic hydroxyl groups is 2. The minimum absolute atomic E-state index is 0.223. The van der Waals surface area contributed by atoms with Crippen LogP contribution < -0.4 is 0 Å². The van der Waals surface area contributed by atoms with E-state index in [1.807, 2.05) is 0 Å². The molecule has 0 aliphatic rings. The van der Waals surface area contributed by atoms with Gasteiger partial charge in [-0.15, -0.1) is 0 Å². The van der Waals surface area contributed by atoms with E-state index in [1.54, 1.807) is 36.6 Å². The maximum absolute atomic E-state index is 10.9. The summed E-state index contributed by atoms with van der Waals surface area (Å²) >= 11 is 0. The highest BCUT2D eigenvalue weighted by Gasteiger charge is 2.18. The van der Waals surface area contributed by atoms with E-state index < -0.39 is 18.8 Å². The standard InChI is InChI=1S/C14H15O5/c15-7-6-13(11-4-2-1-3-5-11)14(9-17)19-10-12(18)8-16/h1-7,12,14,16,18H,8,10H2. The molecule has 101 valence electrons. The highest BCUT2D eigenvalue weighted by Crippen LogP contribution is 2.19. The van der Waals surface area contributed by atoms with Crippen molar-refractivity contribution in [3.8, 4) is 0 Å². The van der Waals surface area contributed by atoms with E-state index in [0.29, 0.717) is 17.4 Å². The smallest absolute Gasteiger partial charge is 0.234 e. The zero-order chi connectivity index (χ0) is 14.1. The molecule has 2 atom stereocenters. The molecule has 0 amide bonds. The van der Waals surface area contributed by atoms with E-state index in [9.17, 15) is 14.7 Å². The van der Waals surface area contributed by atoms with Crippen LogP contribution in [0.25, 0.3) is 5.57 Å². The van der Waals surface area contributed by atoms with Crippen molar-refractivity contribution in [1.82, 2.24) is 0 Å². The third-order valence-corrected chi connectivity index (χ3v) is 2.41. The van der Waals surface area contributed by atoms with Gasteiger partial charge in [0.2, 0.25) is 6.29 Å². The minimum Gasteiger partial charge on any atom is -0.394 e. The summed E-state index contributed by atoms with van der Waals surface area (Å²) in [6.07, 6.45) is 1.28. The van der Waals surface area contributed by atoms with Crippen molar-refractivity contribution in [2.45, 2.75) is 12.2 Å². The number of carbonyl (C=O) groups excluding carboxylic acids is 2. The van der Waals surface area contributed by atoms with E-state index in [-0.39, 0.29) is 6.61 Å². The van der Waals surface area contributed by atoms with Crippen LogP contribution in [0.3, 0.4) is 0 Å². The van der Waals surface area contributed by atoms with Gasteiger partial charge in [-0.05, 0) is 17.2 Å². The van der Waals surface area contributed by atoms with Crippen LogP contribution in [-0.2, 0) is 14.3 Å². The molecule has 1 aromatic carbocycles. The van der Waals surface area contributed by atoms with Crippen LogP contribution in [0.2, 0.25) is 0 Å². The van der Waals surface area contributed by atoms with Crippen molar-refractivity contribution < 1.29 is 24.5 Å². The first-order valence-corrected chi connectivity index (χ1v) is 5.72. The zero-order valence-corrected chi connectivity index (χ0v) is 10.2. The Hall–Kier alpha value is -1.82. The van der Waals surface area contributed by atoms with Crippen LogP contribution in [0.15, 0.2) is 36.4 Å². The fourth-order valence-electron chi connectivity index (χ4n) is 1.49. The highest BCUT2D eigenvalue weighted by atomic mass is 16.5. The Kier molecular flexibility index (Phi) is 6.67. The largest absolute Gasteiger partial charge is 0.394 e. The molecule has 1 aromatic rings. The van der Waals surface area contributed by atoms with Crippen LogP contribution in [0, 0.1) is 0 Å². The van der Waals surface area contributed by atoms with Crippen molar-refractivity contribution in [3.63, 3.8) is 0 Å². The van der Waals surface area contributed by atoms with Gasteiger partial charge in [0.15, 0.2) is 0 Å². The van der Waals surface area contributed by atoms with Gasteiger partial charge in [-0.25, -0.2) is 0 Å². The van der Waals surface area contributed by atoms with Gasteiger partial charge in [0.1, 0.15) is 18.5 Å². The van der Waals surface area contributed by atoms with Crippen molar-refractivity contribution in [3.05, 3.63) is 42.0 Å². The van der Waals surface area contributed by atoms with Gasteiger partial charge in [0, 0.05) is 0 Å². The summed E-state index contributed by atoms with van der Waals surface area (Å²) in [6.45, 7) is -0.691. The average Bonchev–Trinajstić information content (AvgIpc) is 2.47. The highest BCUT2D eigenvalue weighted by molar-refractivity contribution is 5.90. The summed E-state index contributed by atoms with van der Waals surface area (Å²) in [4.78, 5) is 21.6. The molecule has 0 heterocycles. The average molecular weight is 263 g/mol. The van der Waals surface area contributed by atoms with Crippen LogP contribution in [0.1, 0.15) is 5.56 Å². The number of benzene rings is 1. The van der Waals surface area contributed by atoms with Crippen LogP contribution in [0.4, 0.5) is 0 Å². The molecule has 0 aromatic heterocycles. The molecule has 1 radical (unpaired) electrons.